The van der Waals surface area contributed by atoms with Crippen LogP contribution in [0.25, 0.3) is 11.0 Å². The van der Waals surface area contributed by atoms with E-state index in [-0.39, 0.29) is 35.8 Å². The fourth-order valence-corrected chi connectivity index (χ4v) is 5.21. The number of anilines is 1. The summed E-state index contributed by atoms with van der Waals surface area (Å²) < 4.78 is 2.52. The van der Waals surface area contributed by atoms with Crippen LogP contribution in [0.5, 0.6) is 0 Å². The van der Waals surface area contributed by atoms with Crippen LogP contribution in [0, 0.1) is 0 Å². The van der Waals surface area contributed by atoms with E-state index in [2.05, 4.69) is 37.8 Å². The molecule has 32 heavy (non-hydrogen) atoms. The van der Waals surface area contributed by atoms with Gasteiger partial charge in [-0.1, -0.05) is 36.9 Å². The van der Waals surface area contributed by atoms with Crippen LogP contribution in [0.4, 0.5) is 5.82 Å². The quantitative estimate of drug-likeness (QED) is 0.524. The number of fused-ring (bicyclic) bond motifs is 1. The first kappa shape index (κ1) is 22.0. The summed E-state index contributed by atoms with van der Waals surface area (Å²) >= 11 is 3.63. The van der Waals surface area contributed by atoms with E-state index in [1.807, 2.05) is 48.7 Å². The molecule has 0 spiro atoms. The second-order valence-corrected chi connectivity index (χ2v) is 8.78. The number of amides is 2. The van der Waals surface area contributed by atoms with Gasteiger partial charge in [-0.3, -0.25) is 9.59 Å². The van der Waals surface area contributed by atoms with Gasteiger partial charge in [-0.15, -0.1) is 0 Å². The summed E-state index contributed by atoms with van der Waals surface area (Å²) in [6.07, 6.45) is 3.43. The van der Waals surface area contributed by atoms with Crippen molar-refractivity contribution < 1.29 is 9.59 Å². The largest absolute Gasteiger partial charge is 0.383 e. The van der Waals surface area contributed by atoms with Gasteiger partial charge in [-0.05, 0) is 47.8 Å². The number of nitrogens with one attached hydrogen (secondary N) is 1. The average Bonchev–Trinajstić information content (AvgIpc) is 3.31. The highest BCUT2D eigenvalue weighted by Gasteiger charge is 2.36. The van der Waals surface area contributed by atoms with Crippen LogP contribution in [0.1, 0.15) is 48.3 Å². The van der Waals surface area contributed by atoms with Crippen LogP contribution in [0.15, 0.2) is 53.9 Å². The molecule has 8 nitrogen and oxygen atoms in total. The molecule has 3 aromatic rings. The molecule has 166 valence electrons. The highest BCUT2D eigenvalue weighted by Crippen LogP contribution is 2.39. The zero-order valence-corrected chi connectivity index (χ0v) is 19.5. The number of nitrogens with two attached hydrogens (primary N) is 1. The van der Waals surface area contributed by atoms with E-state index >= 15 is 0 Å². The average molecular weight is 497 g/mol. The number of carbonyl (C=O) groups excluding carboxylic acids is 2. The summed E-state index contributed by atoms with van der Waals surface area (Å²) in [5.74, 6) is -0.156. The van der Waals surface area contributed by atoms with Crippen molar-refractivity contribution >= 4 is 44.6 Å². The lowest BCUT2D eigenvalue weighted by atomic mass is 10.1. The third-order valence-corrected chi connectivity index (χ3v) is 6.78. The van der Waals surface area contributed by atoms with Crippen molar-refractivity contribution in [1.82, 2.24) is 24.8 Å². The minimum absolute atomic E-state index is 0.0319. The summed E-state index contributed by atoms with van der Waals surface area (Å²) in [5, 5.41) is 3.55. The Labute approximate surface area is 194 Å². The Morgan fingerprint density at radius 2 is 2.03 bits per heavy atom. The molecule has 9 heteroatoms. The lowest BCUT2D eigenvalue weighted by Gasteiger charge is -2.19. The van der Waals surface area contributed by atoms with E-state index in [9.17, 15) is 9.59 Å². The Morgan fingerprint density at radius 3 is 2.72 bits per heavy atom. The SMILES string of the molecule is C=CC(=O)N1C[C@H](n2c(Br)c(C(=O)NC(C)c3ccccc3)c3c(N)ncnc32)C[C@@H]1C. The number of rotatable bonds is 5. The van der Waals surface area contributed by atoms with Crippen molar-refractivity contribution in [3.63, 3.8) is 0 Å². The van der Waals surface area contributed by atoms with Gasteiger partial charge in [0, 0.05) is 12.6 Å². The Bertz CT molecular complexity index is 1190. The van der Waals surface area contributed by atoms with Crippen LogP contribution < -0.4 is 11.1 Å². The third-order valence-electron chi connectivity index (χ3n) is 6.00. The molecule has 1 fully saturated rings. The van der Waals surface area contributed by atoms with Gasteiger partial charge in [0.05, 0.1) is 23.0 Å². The predicted molar refractivity (Wildman–Crippen MR) is 127 cm³/mol. The van der Waals surface area contributed by atoms with Gasteiger partial charge >= 0.3 is 0 Å². The van der Waals surface area contributed by atoms with Gasteiger partial charge in [-0.2, -0.15) is 0 Å². The molecule has 0 radical (unpaired) electrons. The van der Waals surface area contributed by atoms with E-state index in [4.69, 9.17) is 5.73 Å². The van der Waals surface area contributed by atoms with Crippen molar-refractivity contribution in [2.24, 2.45) is 0 Å². The zero-order valence-electron chi connectivity index (χ0n) is 18.0. The highest BCUT2D eigenvalue weighted by atomic mass is 79.9. The maximum absolute atomic E-state index is 13.4. The molecule has 2 amide bonds. The Morgan fingerprint density at radius 1 is 1.31 bits per heavy atom. The van der Waals surface area contributed by atoms with Crippen LogP contribution in [-0.4, -0.2) is 43.8 Å². The van der Waals surface area contributed by atoms with Crippen LogP contribution >= 0.6 is 15.9 Å². The molecule has 1 unspecified atom stereocenters. The van der Waals surface area contributed by atoms with E-state index in [0.717, 1.165) is 5.56 Å². The molecule has 3 atom stereocenters. The second-order valence-electron chi connectivity index (χ2n) is 8.03. The van der Waals surface area contributed by atoms with Gasteiger partial charge in [0.15, 0.2) is 0 Å². The van der Waals surface area contributed by atoms with E-state index in [1.165, 1.54) is 12.4 Å². The van der Waals surface area contributed by atoms with Crippen LogP contribution in [0.2, 0.25) is 0 Å². The molecule has 0 bridgehead atoms. The molecule has 2 aromatic heterocycles. The first-order valence-electron chi connectivity index (χ1n) is 10.4. The molecule has 0 aliphatic carbocycles. The maximum Gasteiger partial charge on any atom is 0.255 e. The lowest BCUT2D eigenvalue weighted by Crippen LogP contribution is -2.32. The van der Waals surface area contributed by atoms with Gasteiger partial charge in [-0.25, -0.2) is 9.97 Å². The molecule has 1 saturated heterocycles. The number of aromatic nitrogens is 3. The van der Waals surface area contributed by atoms with E-state index in [0.29, 0.717) is 34.2 Å². The fraction of sp³-hybridized carbons (Fsp3) is 0.304. The van der Waals surface area contributed by atoms with Gasteiger partial charge in [0.1, 0.15) is 22.4 Å². The summed E-state index contributed by atoms with van der Waals surface area (Å²) in [5.41, 5.74) is 8.15. The Hall–Kier alpha value is -3.20. The zero-order chi connectivity index (χ0) is 23.0. The molecule has 1 aliphatic heterocycles. The number of likely N-dealkylation sites (tertiary alicyclic amines) is 1. The smallest absolute Gasteiger partial charge is 0.255 e. The number of halogens is 1. The van der Waals surface area contributed by atoms with Crippen molar-refractivity contribution in [2.45, 2.75) is 38.4 Å². The van der Waals surface area contributed by atoms with Gasteiger partial charge in [0.2, 0.25) is 5.91 Å². The van der Waals surface area contributed by atoms with Crippen LogP contribution in [0.3, 0.4) is 0 Å². The maximum atomic E-state index is 13.4. The summed E-state index contributed by atoms with van der Waals surface area (Å²) in [6.45, 7) is 8.01. The predicted octanol–water partition coefficient (Wildman–Crippen LogP) is 3.61. The van der Waals surface area contributed by atoms with Crippen molar-refractivity contribution in [3.8, 4) is 0 Å². The molecule has 1 aromatic carbocycles. The number of nitrogens with zero attached hydrogens (tertiary/aromatic N) is 4. The number of carbonyl (C=O) groups is 2. The minimum Gasteiger partial charge on any atom is -0.383 e. The first-order chi connectivity index (χ1) is 15.3. The monoisotopic (exact) mass is 496 g/mol. The molecule has 0 saturated carbocycles. The van der Waals surface area contributed by atoms with E-state index in [1.54, 1.807) is 4.90 Å². The molecule has 1 aliphatic rings. The molecular weight excluding hydrogens is 472 g/mol. The number of benzene rings is 1. The molecular formula is C23H25BrN6O2. The van der Waals surface area contributed by atoms with Crippen molar-refractivity contribution in [3.05, 3.63) is 65.0 Å². The summed E-state index contributed by atoms with van der Waals surface area (Å²) in [4.78, 5) is 36.0. The second kappa shape index (κ2) is 8.74. The number of nitrogen functional groups attached to an aromatic ring is 1. The summed E-state index contributed by atoms with van der Waals surface area (Å²) in [6, 6.07) is 9.48. The van der Waals surface area contributed by atoms with Crippen molar-refractivity contribution in [1.29, 1.82) is 0 Å². The molecule has 3 heterocycles. The highest BCUT2D eigenvalue weighted by molar-refractivity contribution is 9.10. The van der Waals surface area contributed by atoms with Gasteiger partial charge in [0.25, 0.3) is 5.91 Å². The summed E-state index contributed by atoms with van der Waals surface area (Å²) in [7, 11) is 0. The topological polar surface area (TPSA) is 106 Å². The minimum atomic E-state index is -0.274. The normalized spacial score (nSPS) is 19.2. The Balaban J connectivity index is 1.75. The number of hydrogen-bond donors (Lipinski definition) is 2. The van der Waals surface area contributed by atoms with Crippen molar-refractivity contribution in [2.75, 3.05) is 12.3 Å². The van der Waals surface area contributed by atoms with E-state index < -0.39 is 0 Å². The fourth-order valence-electron chi connectivity index (χ4n) is 4.38. The standard InChI is InChI=1S/C23H25BrN6O2/c1-4-17(31)29-11-16(10-13(29)2)30-20(24)18(19-21(25)26-12-27-22(19)30)23(32)28-14(3)15-8-6-5-7-9-15/h4-9,12-14,16H,1,10-11H2,2-3H3,(H,28,32)(H2,25,26,27)/t13-,14?,16+/m0/s1. The van der Waals surface area contributed by atoms with Gasteiger partial charge < -0.3 is 20.5 Å². The Kier molecular flexibility index (Phi) is 6.01. The first-order valence-corrected chi connectivity index (χ1v) is 11.2. The molecule has 3 N–H and O–H groups in total. The third kappa shape index (κ3) is 3.77. The van der Waals surface area contributed by atoms with Crippen LogP contribution in [-0.2, 0) is 4.79 Å². The molecule has 4 rings (SSSR count). The lowest BCUT2D eigenvalue weighted by molar-refractivity contribution is -0.126. The number of hydrogen-bond acceptors (Lipinski definition) is 5.